The van der Waals surface area contributed by atoms with Crippen molar-refractivity contribution >= 4 is 11.8 Å². The minimum atomic E-state index is -3.71. The summed E-state index contributed by atoms with van der Waals surface area (Å²) < 4.78 is 45.5. The first kappa shape index (κ1) is 14.9. The Kier molecular flexibility index (Phi) is 6.71. The molecule has 0 aliphatic heterocycles. The molecule has 0 saturated carbocycles. The van der Waals surface area contributed by atoms with Crippen LogP contribution < -0.4 is 0 Å². The Morgan fingerprint density at radius 1 is 1.31 bits per heavy atom. The standard InChI is InChI=1S/C9H13F3O4/c1-2-15-6-16-8(14)3-7(13)4-9(11,12)5-10/h2-6H2,1H3. The highest BCUT2D eigenvalue weighted by Gasteiger charge is 2.32. The highest BCUT2D eigenvalue weighted by Crippen LogP contribution is 2.19. The van der Waals surface area contributed by atoms with E-state index in [-0.39, 0.29) is 6.79 Å². The Labute approximate surface area is 90.7 Å². The van der Waals surface area contributed by atoms with Crippen LogP contribution in [-0.4, -0.2) is 37.7 Å². The molecule has 0 aromatic carbocycles. The van der Waals surface area contributed by atoms with Gasteiger partial charge in [0, 0.05) is 6.61 Å². The molecule has 0 amide bonds. The SMILES string of the molecule is CCOCOC(=O)CC(=O)CC(F)(F)CF. The van der Waals surface area contributed by atoms with Gasteiger partial charge in [0.2, 0.25) is 0 Å². The van der Waals surface area contributed by atoms with Gasteiger partial charge in [-0.2, -0.15) is 0 Å². The van der Waals surface area contributed by atoms with Crippen LogP contribution in [0.1, 0.15) is 19.8 Å². The lowest BCUT2D eigenvalue weighted by molar-refractivity contribution is -0.157. The fourth-order valence-electron chi connectivity index (χ4n) is 0.801. The normalized spacial score (nSPS) is 11.2. The molecule has 0 heterocycles. The maximum absolute atomic E-state index is 12.4. The second-order valence-corrected chi connectivity index (χ2v) is 3.01. The second kappa shape index (κ2) is 7.21. The zero-order valence-corrected chi connectivity index (χ0v) is 8.80. The molecule has 0 atom stereocenters. The zero-order valence-electron chi connectivity index (χ0n) is 8.80. The summed E-state index contributed by atoms with van der Waals surface area (Å²) in [5, 5.41) is 0. The number of ketones is 1. The zero-order chi connectivity index (χ0) is 12.6. The van der Waals surface area contributed by atoms with Crippen LogP contribution in [-0.2, 0) is 19.1 Å². The lowest BCUT2D eigenvalue weighted by Crippen LogP contribution is -2.25. The Bertz CT molecular complexity index is 243. The molecule has 0 aromatic heterocycles. The molecule has 0 saturated heterocycles. The van der Waals surface area contributed by atoms with Gasteiger partial charge < -0.3 is 9.47 Å². The number of carbonyl (C=O) groups is 2. The van der Waals surface area contributed by atoms with Crippen LogP contribution in [0.15, 0.2) is 0 Å². The average Bonchev–Trinajstić information content (AvgIpc) is 2.17. The highest BCUT2D eigenvalue weighted by molar-refractivity contribution is 5.95. The summed E-state index contributed by atoms with van der Waals surface area (Å²) in [7, 11) is 0. The van der Waals surface area contributed by atoms with Crippen LogP contribution in [0.5, 0.6) is 0 Å². The molecule has 0 bridgehead atoms. The molecule has 0 N–H and O–H groups in total. The number of ether oxygens (including phenoxy) is 2. The van der Waals surface area contributed by atoms with E-state index in [0.717, 1.165) is 0 Å². The van der Waals surface area contributed by atoms with E-state index in [9.17, 15) is 22.8 Å². The molecule has 0 radical (unpaired) electrons. The van der Waals surface area contributed by atoms with Crippen LogP contribution in [0.2, 0.25) is 0 Å². The van der Waals surface area contributed by atoms with Crippen molar-refractivity contribution in [3.05, 3.63) is 0 Å². The molecule has 7 heteroatoms. The summed E-state index contributed by atoms with van der Waals surface area (Å²) in [6, 6.07) is 0. The molecular weight excluding hydrogens is 229 g/mol. The van der Waals surface area contributed by atoms with Crippen LogP contribution in [0, 0.1) is 0 Å². The molecule has 0 aliphatic rings. The summed E-state index contributed by atoms with van der Waals surface area (Å²) in [6.07, 6.45) is -2.10. The fourth-order valence-corrected chi connectivity index (χ4v) is 0.801. The van der Waals surface area contributed by atoms with Gasteiger partial charge in [-0.3, -0.25) is 9.59 Å². The van der Waals surface area contributed by atoms with E-state index in [4.69, 9.17) is 0 Å². The summed E-state index contributed by atoms with van der Waals surface area (Å²) >= 11 is 0. The van der Waals surface area contributed by atoms with Crippen molar-refractivity contribution in [2.24, 2.45) is 0 Å². The largest absolute Gasteiger partial charge is 0.438 e. The third-order valence-corrected chi connectivity index (χ3v) is 1.50. The highest BCUT2D eigenvalue weighted by atomic mass is 19.3. The van der Waals surface area contributed by atoms with Gasteiger partial charge in [0.1, 0.15) is 12.2 Å². The molecule has 16 heavy (non-hydrogen) atoms. The summed E-state index contributed by atoms with van der Waals surface area (Å²) in [5.74, 6) is -5.74. The molecule has 4 nitrogen and oxygen atoms in total. The molecule has 0 rings (SSSR count). The Balaban J connectivity index is 3.83. The van der Waals surface area contributed by atoms with Crippen LogP contribution >= 0.6 is 0 Å². The van der Waals surface area contributed by atoms with E-state index >= 15 is 0 Å². The van der Waals surface area contributed by atoms with Gasteiger partial charge in [0.05, 0.1) is 6.42 Å². The number of halogens is 3. The van der Waals surface area contributed by atoms with Gasteiger partial charge in [-0.05, 0) is 6.92 Å². The molecule has 0 fully saturated rings. The van der Waals surface area contributed by atoms with Gasteiger partial charge in [-0.1, -0.05) is 0 Å². The van der Waals surface area contributed by atoms with Crippen molar-refractivity contribution in [2.75, 3.05) is 20.1 Å². The Hall–Kier alpha value is -1.11. The number of esters is 1. The Morgan fingerprint density at radius 3 is 2.44 bits per heavy atom. The number of rotatable bonds is 8. The number of alkyl halides is 3. The smallest absolute Gasteiger partial charge is 0.315 e. The van der Waals surface area contributed by atoms with Gasteiger partial charge in [-0.15, -0.1) is 0 Å². The van der Waals surface area contributed by atoms with Crippen molar-refractivity contribution < 1.29 is 32.2 Å². The molecule has 0 spiro atoms. The molecular formula is C9H13F3O4. The predicted molar refractivity (Wildman–Crippen MR) is 47.7 cm³/mol. The van der Waals surface area contributed by atoms with E-state index in [1.54, 1.807) is 6.92 Å². The maximum atomic E-state index is 12.4. The van der Waals surface area contributed by atoms with E-state index in [1.807, 2.05) is 0 Å². The summed E-state index contributed by atoms with van der Waals surface area (Å²) in [5.41, 5.74) is 0. The number of carbonyl (C=O) groups excluding carboxylic acids is 2. The van der Waals surface area contributed by atoms with Crippen LogP contribution in [0.3, 0.4) is 0 Å². The lowest BCUT2D eigenvalue weighted by Gasteiger charge is -2.10. The van der Waals surface area contributed by atoms with E-state index in [0.29, 0.717) is 6.61 Å². The minimum absolute atomic E-state index is 0.321. The maximum Gasteiger partial charge on any atom is 0.315 e. The number of Topliss-reactive ketones (excluding diaryl/α,β-unsaturated/α-hetero) is 1. The average molecular weight is 242 g/mol. The van der Waals surface area contributed by atoms with Gasteiger partial charge in [-0.25, -0.2) is 13.2 Å². The van der Waals surface area contributed by atoms with E-state index < -0.39 is 37.2 Å². The van der Waals surface area contributed by atoms with Crippen molar-refractivity contribution in [2.45, 2.75) is 25.7 Å². The first-order valence-corrected chi connectivity index (χ1v) is 4.60. The van der Waals surface area contributed by atoms with Crippen LogP contribution in [0.25, 0.3) is 0 Å². The fraction of sp³-hybridized carbons (Fsp3) is 0.778. The van der Waals surface area contributed by atoms with Gasteiger partial charge >= 0.3 is 5.97 Å². The van der Waals surface area contributed by atoms with E-state index in [1.165, 1.54) is 0 Å². The lowest BCUT2D eigenvalue weighted by atomic mass is 10.1. The van der Waals surface area contributed by atoms with Crippen molar-refractivity contribution in [3.8, 4) is 0 Å². The first-order valence-electron chi connectivity index (χ1n) is 4.60. The van der Waals surface area contributed by atoms with Crippen molar-refractivity contribution in [3.63, 3.8) is 0 Å². The number of hydrogen-bond acceptors (Lipinski definition) is 4. The molecule has 0 unspecified atom stereocenters. The second-order valence-electron chi connectivity index (χ2n) is 3.01. The molecule has 94 valence electrons. The predicted octanol–water partition coefficient (Wildman–Crippen LogP) is 1.48. The molecule has 0 aliphatic carbocycles. The summed E-state index contributed by atoms with van der Waals surface area (Å²) in [6.45, 7) is -0.267. The monoisotopic (exact) mass is 242 g/mol. The summed E-state index contributed by atoms with van der Waals surface area (Å²) in [4.78, 5) is 21.7. The van der Waals surface area contributed by atoms with Gasteiger partial charge in [0.15, 0.2) is 13.5 Å². The topological polar surface area (TPSA) is 52.6 Å². The first-order chi connectivity index (χ1) is 7.41. The van der Waals surface area contributed by atoms with E-state index in [2.05, 4.69) is 9.47 Å². The quantitative estimate of drug-likeness (QED) is 0.280. The number of hydrogen-bond donors (Lipinski definition) is 0. The molecule has 0 aromatic rings. The minimum Gasteiger partial charge on any atom is -0.438 e. The van der Waals surface area contributed by atoms with Crippen molar-refractivity contribution in [1.82, 2.24) is 0 Å². The third kappa shape index (κ3) is 7.22. The van der Waals surface area contributed by atoms with Crippen molar-refractivity contribution in [1.29, 1.82) is 0 Å². The van der Waals surface area contributed by atoms with Gasteiger partial charge in [0.25, 0.3) is 5.92 Å². The third-order valence-electron chi connectivity index (χ3n) is 1.50. The Morgan fingerprint density at radius 2 is 1.94 bits per heavy atom. The van der Waals surface area contributed by atoms with Crippen LogP contribution in [0.4, 0.5) is 13.2 Å².